The first-order valence-corrected chi connectivity index (χ1v) is 9.11. The summed E-state index contributed by atoms with van der Waals surface area (Å²) in [4.78, 5) is 0. The normalized spacial score (nSPS) is 11.8. The Morgan fingerprint density at radius 1 is 0.793 bits per heavy atom. The topological polar surface area (TPSA) is 3.88 Å². The molecule has 146 valence electrons. The molecule has 4 aromatic rings. The largest absolute Gasteiger partial charge is 0.417 e. The lowest BCUT2D eigenvalue weighted by molar-refractivity contribution is -0.660. The van der Waals surface area contributed by atoms with Gasteiger partial charge in [0.2, 0.25) is 5.69 Å². The van der Waals surface area contributed by atoms with Crippen molar-refractivity contribution >= 4 is 10.8 Å². The molecule has 0 radical (unpaired) electrons. The summed E-state index contributed by atoms with van der Waals surface area (Å²) in [6.45, 7) is 1.63. The lowest BCUT2D eigenvalue weighted by atomic mass is 9.91. The van der Waals surface area contributed by atoms with Crippen molar-refractivity contribution in [2.45, 2.75) is 13.1 Å². The smallest absolute Gasteiger partial charge is 0.207 e. The summed E-state index contributed by atoms with van der Waals surface area (Å²) in [7, 11) is 1.83. The average molecular weight is 396 g/mol. The van der Waals surface area contributed by atoms with Crippen molar-refractivity contribution in [2.75, 3.05) is 0 Å². The highest BCUT2D eigenvalue weighted by Crippen LogP contribution is 2.41. The van der Waals surface area contributed by atoms with Crippen LogP contribution in [0.1, 0.15) is 11.1 Å². The van der Waals surface area contributed by atoms with Gasteiger partial charge in [-0.3, -0.25) is 0 Å². The minimum atomic E-state index is -4.52. The van der Waals surface area contributed by atoms with Gasteiger partial charge in [-0.1, -0.05) is 36.4 Å². The standard InChI is InChI=1S/C24H18F4N/c1-15-12-21(24(26,27)28)19-9-8-18(25)14-20(19)23(15)22-13-17(10-11-29(22)2)16-6-4-3-5-7-16/h3-14H,1-2H3/q+1. The number of halogens is 4. The monoisotopic (exact) mass is 396 g/mol. The molecule has 0 saturated carbocycles. The molecule has 0 aliphatic carbocycles. The van der Waals surface area contributed by atoms with E-state index in [-0.39, 0.29) is 10.8 Å². The van der Waals surface area contributed by atoms with E-state index in [4.69, 9.17) is 0 Å². The number of alkyl halides is 3. The number of pyridine rings is 1. The molecular formula is C24H18F4N+. The molecule has 1 aromatic heterocycles. The molecule has 1 heterocycles. The van der Waals surface area contributed by atoms with E-state index in [9.17, 15) is 17.6 Å². The summed E-state index contributed by atoms with van der Waals surface area (Å²) in [5, 5.41) is 0.239. The molecule has 0 unspecified atom stereocenters. The number of fused-ring (bicyclic) bond motifs is 1. The maximum absolute atomic E-state index is 14.0. The Labute approximate surface area is 165 Å². The molecule has 1 nitrogen and oxygen atoms in total. The molecule has 0 fully saturated rings. The van der Waals surface area contributed by atoms with Crippen molar-refractivity contribution in [3.8, 4) is 22.4 Å². The van der Waals surface area contributed by atoms with Gasteiger partial charge in [0.25, 0.3) is 0 Å². The maximum Gasteiger partial charge on any atom is 0.417 e. The van der Waals surface area contributed by atoms with Crippen molar-refractivity contribution in [2.24, 2.45) is 7.05 Å². The second kappa shape index (κ2) is 6.99. The number of nitrogens with zero attached hydrogens (tertiary/aromatic N) is 1. The van der Waals surface area contributed by atoms with Crippen LogP contribution in [0.3, 0.4) is 0 Å². The molecule has 0 N–H and O–H groups in total. The molecule has 0 aliphatic rings. The highest BCUT2D eigenvalue weighted by Gasteiger charge is 2.34. The fraction of sp³-hybridized carbons (Fsp3) is 0.125. The van der Waals surface area contributed by atoms with Gasteiger partial charge in [-0.25, -0.2) is 8.96 Å². The SMILES string of the molecule is Cc1cc(C(F)(F)F)c2ccc(F)cc2c1-c1cc(-c2ccccc2)cc[n+]1C. The summed E-state index contributed by atoms with van der Waals surface area (Å²) in [5.41, 5.74) is 2.92. The molecule has 0 atom stereocenters. The molecule has 5 heteroatoms. The number of hydrogen-bond acceptors (Lipinski definition) is 0. The zero-order chi connectivity index (χ0) is 20.8. The van der Waals surface area contributed by atoms with Crippen LogP contribution in [-0.2, 0) is 13.2 Å². The van der Waals surface area contributed by atoms with Crippen molar-refractivity contribution in [3.63, 3.8) is 0 Å². The predicted octanol–water partition coefficient (Wildman–Crippen LogP) is 6.46. The van der Waals surface area contributed by atoms with Gasteiger partial charge >= 0.3 is 6.18 Å². The molecular weight excluding hydrogens is 378 g/mol. The van der Waals surface area contributed by atoms with E-state index < -0.39 is 17.6 Å². The number of aryl methyl sites for hydroxylation is 2. The van der Waals surface area contributed by atoms with E-state index in [1.807, 2.05) is 60.3 Å². The Balaban J connectivity index is 2.05. The van der Waals surface area contributed by atoms with Crippen LogP contribution in [0.5, 0.6) is 0 Å². The van der Waals surface area contributed by atoms with Crippen molar-refractivity contribution in [1.82, 2.24) is 0 Å². The third-order valence-electron chi connectivity index (χ3n) is 5.11. The van der Waals surface area contributed by atoms with Crippen LogP contribution in [0.2, 0.25) is 0 Å². The lowest BCUT2D eigenvalue weighted by Crippen LogP contribution is -2.30. The number of benzene rings is 3. The van der Waals surface area contributed by atoms with E-state index in [1.165, 1.54) is 12.1 Å². The van der Waals surface area contributed by atoms with Crippen LogP contribution in [0.25, 0.3) is 33.2 Å². The van der Waals surface area contributed by atoms with Crippen LogP contribution < -0.4 is 4.57 Å². The van der Waals surface area contributed by atoms with Crippen molar-refractivity contribution < 1.29 is 22.1 Å². The Hall–Kier alpha value is -3.21. The van der Waals surface area contributed by atoms with E-state index in [1.54, 1.807) is 6.92 Å². The van der Waals surface area contributed by atoms with Gasteiger partial charge in [0, 0.05) is 12.1 Å². The first kappa shape index (κ1) is 19.1. The van der Waals surface area contributed by atoms with E-state index in [2.05, 4.69) is 0 Å². The second-order valence-corrected chi connectivity index (χ2v) is 7.08. The van der Waals surface area contributed by atoms with Crippen LogP contribution >= 0.6 is 0 Å². The van der Waals surface area contributed by atoms with Crippen LogP contribution in [-0.4, -0.2) is 0 Å². The van der Waals surface area contributed by atoms with Gasteiger partial charge in [0.1, 0.15) is 12.9 Å². The van der Waals surface area contributed by atoms with Crippen LogP contribution in [0, 0.1) is 12.7 Å². The quantitative estimate of drug-likeness (QED) is 0.270. The highest BCUT2D eigenvalue weighted by molar-refractivity contribution is 5.99. The fourth-order valence-electron chi connectivity index (χ4n) is 3.74. The van der Waals surface area contributed by atoms with Gasteiger partial charge < -0.3 is 0 Å². The molecule has 0 saturated heterocycles. The van der Waals surface area contributed by atoms with E-state index in [0.717, 1.165) is 23.3 Å². The molecule has 0 spiro atoms. The Morgan fingerprint density at radius 2 is 1.52 bits per heavy atom. The van der Waals surface area contributed by atoms with Gasteiger partial charge in [0.05, 0.1) is 11.1 Å². The molecule has 0 amide bonds. The predicted molar refractivity (Wildman–Crippen MR) is 106 cm³/mol. The second-order valence-electron chi connectivity index (χ2n) is 7.08. The van der Waals surface area contributed by atoms with Crippen LogP contribution in [0.4, 0.5) is 17.6 Å². The zero-order valence-corrected chi connectivity index (χ0v) is 15.9. The Kier molecular flexibility index (Phi) is 4.61. The van der Waals surface area contributed by atoms with Gasteiger partial charge in [-0.05, 0) is 52.6 Å². The highest BCUT2D eigenvalue weighted by atomic mass is 19.4. The van der Waals surface area contributed by atoms with E-state index >= 15 is 0 Å². The number of hydrogen-bond donors (Lipinski definition) is 0. The Bertz CT molecular complexity index is 1210. The number of rotatable bonds is 2. The fourth-order valence-corrected chi connectivity index (χ4v) is 3.74. The molecule has 3 aromatic carbocycles. The van der Waals surface area contributed by atoms with E-state index in [0.29, 0.717) is 16.8 Å². The summed E-state index contributed by atoms with van der Waals surface area (Å²) < 4.78 is 56.7. The van der Waals surface area contributed by atoms with Gasteiger partial charge in [-0.2, -0.15) is 13.2 Å². The molecule has 29 heavy (non-hydrogen) atoms. The summed E-state index contributed by atoms with van der Waals surface area (Å²) >= 11 is 0. The first-order chi connectivity index (χ1) is 13.8. The third kappa shape index (κ3) is 3.48. The zero-order valence-electron chi connectivity index (χ0n) is 15.9. The molecule has 4 rings (SSSR count). The first-order valence-electron chi connectivity index (χ1n) is 9.11. The minimum Gasteiger partial charge on any atom is -0.207 e. The van der Waals surface area contributed by atoms with Gasteiger partial charge in [0.15, 0.2) is 6.20 Å². The summed E-state index contributed by atoms with van der Waals surface area (Å²) in [6, 6.07) is 18.2. The molecule has 0 bridgehead atoms. The minimum absolute atomic E-state index is 0.00962. The Morgan fingerprint density at radius 3 is 2.21 bits per heavy atom. The third-order valence-corrected chi connectivity index (χ3v) is 5.11. The maximum atomic E-state index is 14.0. The average Bonchev–Trinajstić information content (AvgIpc) is 2.68. The summed E-state index contributed by atoms with van der Waals surface area (Å²) in [5.74, 6) is -0.570. The summed E-state index contributed by atoms with van der Waals surface area (Å²) in [6.07, 6.45) is -2.66. The van der Waals surface area contributed by atoms with Crippen LogP contribution in [0.15, 0.2) is 72.9 Å². The van der Waals surface area contributed by atoms with Gasteiger partial charge in [-0.15, -0.1) is 0 Å². The van der Waals surface area contributed by atoms with Crippen molar-refractivity contribution in [1.29, 1.82) is 0 Å². The lowest BCUT2D eigenvalue weighted by Gasteiger charge is -2.16. The molecule has 0 aliphatic heterocycles. The van der Waals surface area contributed by atoms with Crippen molar-refractivity contribution in [3.05, 3.63) is 89.9 Å². The number of aromatic nitrogens is 1.